The van der Waals surface area contributed by atoms with Gasteiger partial charge in [-0.05, 0) is 30.2 Å². The Morgan fingerprint density at radius 2 is 1.74 bits per heavy atom. The highest BCUT2D eigenvalue weighted by Crippen LogP contribution is 2.28. The van der Waals surface area contributed by atoms with E-state index in [1.54, 1.807) is 0 Å². The minimum atomic E-state index is 0.491. The molecule has 2 aromatic rings. The van der Waals surface area contributed by atoms with Gasteiger partial charge in [0, 0.05) is 19.0 Å². The molecule has 0 aromatic heterocycles. The standard InChI is InChI=1S/C16H17Cl2N/c1-2-19(12-13-6-4-3-5-7-13)16-9-8-14(11-17)10-15(16)18/h3-10H,2,11-12H2,1H3. The Morgan fingerprint density at radius 1 is 1.00 bits per heavy atom. The third-order valence-corrected chi connectivity index (χ3v) is 3.72. The van der Waals surface area contributed by atoms with Crippen LogP contribution >= 0.6 is 23.2 Å². The molecule has 2 aromatic carbocycles. The van der Waals surface area contributed by atoms with Crippen LogP contribution in [0.5, 0.6) is 0 Å². The summed E-state index contributed by atoms with van der Waals surface area (Å²) in [5, 5.41) is 0.760. The zero-order chi connectivity index (χ0) is 13.7. The first kappa shape index (κ1) is 14.2. The normalized spacial score (nSPS) is 10.5. The number of alkyl halides is 1. The lowest BCUT2D eigenvalue weighted by Crippen LogP contribution is -2.22. The number of anilines is 1. The van der Waals surface area contributed by atoms with Crippen molar-refractivity contribution in [3.8, 4) is 0 Å². The van der Waals surface area contributed by atoms with Gasteiger partial charge in [-0.3, -0.25) is 0 Å². The fraction of sp³-hybridized carbons (Fsp3) is 0.250. The van der Waals surface area contributed by atoms with Crippen LogP contribution in [0.3, 0.4) is 0 Å². The summed E-state index contributed by atoms with van der Waals surface area (Å²) in [6.45, 7) is 3.90. The molecular formula is C16H17Cl2N. The van der Waals surface area contributed by atoms with Crippen molar-refractivity contribution in [3.63, 3.8) is 0 Å². The van der Waals surface area contributed by atoms with Gasteiger partial charge in [-0.2, -0.15) is 0 Å². The molecule has 0 atom stereocenters. The predicted octanol–water partition coefficient (Wildman–Crippen LogP) is 5.11. The van der Waals surface area contributed by atoms with Gasteiger partial charge in [0.1, 0.15) is 0 Å². The van der Waals surface area contributed by atoms with Gasteiger partial charge in [-0.25, -0.2) is 0 Å². The average molecular weight is 294 g/mol. The Bertz CT molecular complexity index is 526. The molecule has 0 aliphatic carbocycles. The first-order valence-electron chi connectivity index (χ1n) is 6.38. The van der Waals surface area contributed by atoms with Gasteiger partial charge in [-0.1, -0.05) is 48.0 Å². The van der Waals surface area contributed by atoms with Crippen molar-refractivity contribution in [1.82, 2.24) is 0 Å². The molecule has 0 spiro atoms. The van der Waals surface area contributed by atoms with Crippen LogP contribution in [0.4, 0.5) is 5.69 Å². The molecule has 0 bridgehead atoms. The molecule has 19 heavy (non-hydrogen) atoms. The van der Waals surface area contributed by atoms with Crippen LogP contribution in [0.1, 0.15) is 18.1 Å². The van der Waals surface area contributed by atoms with Gasteiger partial charge < -0.3 is 4.90 Å². The Hall–Kier alpha value is -1.18. The molecule has 0 aliphatic heterocycles. The number of benzene rings is 2. The van der Waals surface area contributed by atoms with E-state index in [9.17, 15) is 0 Å². The zero-order valence-electron chi connectivity index (χ0n) is 10.9. The maximum absolute atomic E-state index is 6.35. The van der Waals surface area contributed by atoms with Gasteiger partial charge in [-0.15, -0.1) is 11.6 Å². The second kappa shape index (κ2) is 6.83. The number of rotatable bonds is 5. The summed E-state index contributed by atoms with van der Waals surface area (Å²) in [5.74, 6) is 0.491. The maximum Gasteiger partial charge on any atom is 0.0642 e. The highest BCUT2D eigenvalue weighted by molar-refractivity contribution is 6.33. The van der Waals surface area contributed by atoms with E-state index in [2.05, 4.69) is 36.1 Å². The largest absolute Gasteiger partial charge is 0.366 e. The Kier molecular flexibility index (Phi) is 5.12. The molecule has 1 nitrogen and oxygen atoms in total. The molecular weight excluding hydrogens is 277 g/mol. The molecule has 0 N–H and O–H groups in total. The lowest BCUT2D eigenvalue weighted by molar-refractivity contribution is 0.832. The lowest BCUT2D eigenvalue weighted by Gasteiger charge is -2.24. The number of nitrogens with zero attached hydrogens (tertiary/aromatic N) is 1. The molecule has 100 valence electrons. The minimum Gasteiger partial charge on any atom is -0.366 e. The average Bonchev–Trinajstić information content (AvgIpc) is 2.46. The Labute approximate surface area is 124 Å². The second-order valence-corrected chi connectivity index (χ2v) is 5.09. The molecule has 0 fully saturated rings. The quantitative estimate of drug-likeness (QED) is 0.693. The zero-order valence-corrected chi connectivity index (χ0v) is 12.5. The third-order valence-electron chi connectivity index (χ3n) is 3.11. The molecule has 0 saturated carbocycles. The second-order valence-electron chi connectivity index (χ2n) is 4.42. The lowest BCUT2D eigenvalue weighted by atomic mass is 10.1. The molecule has 0 amide bonds. The Balaban J connectivity index is 2.22. The summed E-state index contributed by atoms with van der Waals surface area (Å²) in [5.41, 5.74) is 3.38. The molecule has 0 aliphatic rings. The fourth-order valence-electron chi connectivity index (χ4n) is 2.06. The minimum absolute atomic E-state index is 0.491. The van der Waals surface area contributed by atoms with Crippen molar-refractivity contribution >= 4 is 28.9 Å². The van der Waals surface area contributed by atoms with E-state index in [4.69, 9.17) is 23.2 Å². The van der Waals surface area contributed by atoms with Gasteiger partial charge in [0.15, 0.2) is 0 Å². The number of halogens is 2. The molecule has 0 saturated heterocycles. The highest BCUT2D eigenvalue weighted by atomic mass is 35.5. The van der Waals surface area contributed by atoms with Crippen LogP contribution in [-0.4, -0.2) is 6.54 Å². The van der Waals surface area contributed by atoms with E-state index < -0.39 is 0 Å². The van der Waals surface area contributed by atoms with E-state index in [1.165, 1.54) is 5.56 Å². The first-order chi connectivity index (χ1) is 9.24. The SMILES string of the molecule is CCN(Cc1ccccc1)c1ccc(CCl)cc1Cl. The summed E-state index contributed by atoms with van der Waals surface area (Å²) in [6.07, 6.45) is 0. The van der Waals surface area contributed by atoms with Crippen molar-refractivity contribution in [1.29, 1.82) is 0 Å². The summed E-state index contributed by atoms with van der Waals surface area (Å²) in [4.78, 5) is 2.26. The van der Waals surface area contributed by atoms with E-state index in [1.807, 2.05) is 24.3 Å². The number of hydrogen-bond acceptors (Lipinski definition) is 1. The van der Waals surface area contributed by atoms with Crippen LogP contribution in [0.15, 0.2) is 48.5 Å². The summed E-state index contributed by atoms with van der Waals surface area (Å²) in [7, 11) is 0. The van der Waals surface area contributed by atoms with Crippen molar-refractivity contribution in [2.24, 2.45) is 0 Å². The van der Waals surface area contributed by atoms with Gasteiger partial charge in [0.05, 0.1) is 10.7 Å². The van der Waals surface area contributed by atoms with E-state index in [0.29, 0.717) is 5.88 Å². The van der Waals surface area contributed by atoms with Crippen molar-refractivity contribution in [2.75, 3.05) is 11.4 Å². The van der Waals surface area contributed by atoms with Gasteiger partial charge in [0.2, 0.25) is 0 Å². The molecule has 0 radical (unpaired) electrons. The first-order valence-corrected chi connectivity index (χ1v) is 7.29. The van der Waals surface area contributed by atoms with Crippen LogP contribution in [0.25, 0.3) is 0 Å². The van der Waals surface area contributed by atoms with Gasteiger partial charge in [0.25, 0.3) is 0 Å². The highest BCUT2D eigenvalue weighted by Gasteiger charge is 2.09. The van der Waals surface area contributed by atoms with Crippen molar-refractivity contribution < 1.29 is 0 Å². The molecule has 3 heteroatoms. The third kappa shape index (κ3) is 3.65. The van der Waals surface area contributed by atoms with Crippen molar-refractivity contribution in [3.05, 3.63) is 64.7 Å². The Morgan fingerprint density at radius 3 is 2.32 bits per heavy atom. The van der Waals surface area contributed by atoms with Crippen LogP contribution < -0.4 is 4.90 Å². The molecule has 2 rings (SSSR count). The smallest absolute Gasteiger partial charge is 0.0642 e. The maximum atomic E-state index is 6.35. The van der Waals surface area contributed by atoms with E-state index in [0.717, 1.165) is 29.4 Å². The number of hydrogen-bond donors (Lipinski definition) is 0. The molecule has 0 heterocycles. The predicted molar refractivity (Wildman–Crippen MR) is 84.2 cm³/mol. The summed E-state index contributed by atoms with van der Waals surface area (Å²) >= 11 is 12.2. The van der Waals surface area contributed by atoms with Gasteiger partial charge >= 0.3 is 0 Å². The topological polar surface area (TPSA) is 3.24 Å². The molecule has 0 unspecified atom stereocenters. The fourth-order valence-corrected chi connectivity index (χ4v) is 2.55. The summed E-state index contributed by atoms with van der Waals surface area (Å²) in [6, 6.07) is 16.4. The van der Waals surface area contributed by atoms with Crippen LogP contribution in [-0.2, 0) is 12.4 Å². The van der Waals surface area contributed by atoms with Crippen LogP contribution in [0.2, 0.25) is 5.02 Å². The van der Waals surface area contributed by atoms with Crippen molar-refractivity contribution in [2.45, 2.75) is 19.3 Å². The van der Waals surface area contributed by atoms with Crippen LogP contribution in [0, 0.1) is 0 Å². The van der Waals surface area contributed by atoms with E-state index >= 15 is 0 Å². The van der Waals surface area contributed by atoms with E-state index in [-0.39, 0.29) is 0 Å². The summed E-state index contributed by atoms with van der Waals surface area (Å²) < 4.78 is 0. The monoisotopic (exact) mass is 293 g/mol.